The first-order valence-corrected chi connectivity index (χ1v) is 9.86. The first kappa shape index (κ1) is 20.0. The largest absolute Gasteiger partial charge is 0.376 e. The molecule has 3 rings (SSSR count). The van der Waals surface area contributed by atoms with Crippen molar-refractivity contribution in [2.45, 2.75) is 76.9 Å². The quantitative estimate of drug-likeness (QED) is 0.791. The van der Waals surface area contributed by atoms with Crippen molar-refractivity contribution < 1.29 is 9.53 Å². The summed E-state index contributed by atoms with van der Waals surface area (Å²) in [6.07, 6.45) is 10.8. The van der Waals surface area contributed by atoms with Crippen LogP contribution >= 0.6 is 12.4 Å². The van der Waals surface area contributed by atoms with Gasteiger partial charge in [0.05, 0.1) is 6.10 Å². The first-order chi connectivity index (χ1) is 11.2. The maximum Gasteiger partial charge on any atom is 0.223 e. The molecular formula is C19H35ClN2O2. The van der Waals surface area contributed by atoms with Crippen molar-refractivity contribution in [1.82, 2.24) is 10.2 Å². The van der Waals surface area contributed by atoms with Gasteiger partial charge in [-0.1, -0.05) is 19.8 Å². The van der Waals surface area contributed by atoms with Gasteiger partial charge in [0.1, 0.15) is 0 Å². The van der Waals surface area contributed by atoms with Gasteiger partial charge in [-0.25, -0.2) is 0 Å². The van der Waals surface area contributed by atoms with Gasteiger partial charge in [-0.15, -0.1) is 12.4 Å². The highest BCUT2D eigenvalue weighted by Crippen LogP contribution is 2.28. The van der Waals surface area contributed by atoms with E-state index in [4.69, 9.17) is 4.74 Å². The van der Waals surface area contributed by atoms with Gasteiger partial charge in [0.25, 0.3) is 0 Å². The van der Waals surface area contributed by atoms with Crippen LogP contribution < -0.4 is 5.32 Å². The molecule has 3 aliphatic rings. The number of nitrogens with one attached hydrogen (secondary N) is 1. The highest BCUT2D eigenvalue weighted by Gasteiger charge is 2.32. The summed E-state index contributed by atoms with van der Waals surface area (Å²) in [7, 11) is 0. The zero-order chi connectivity index (χ0) is 16.1. The first-order valence-electron chi connectivity index (χ1n) is 9.86. The van der Waals surface area contributed by atoms with E-state index < -0.39 is 0 Å². The number of amides is 1. The van der Waals surface area contributed by atoms with Crippen LogP contribution in [-0.2, 0) is 9.53 Å². The molecule has 1 saturated carbocycles. The van der Waals surface area contributed by atoms with Crippen molar-refractivity contribution in [2.75, 3.05) is 26.2 Å². The lowest BCUT2D eigenvalue weighted by Gasteiger charge is -2.34. The summed E-state index contributed by atoms with van der Waals surface area (Å²) in [6.45, 7) is 6.21. The zero-order valence-electron chi connectivity index (χ0n) is 15.2. The van der Waals surface area contributed by atoms with Gasteiger partial charge >= 0.3 is 0 Å². The molecule has 0 bridgehead atoms. The smallest absolute Gasteiger partial charge is 0.223 e. The van der Waals surface area contributed by atoms with Gasteiger partial charge in [-0.05, 0) is 63.5 Å². The summed E-state index contributed by atoms with van der Waals surface area (Å²) < 4.78 is 5.81. The Kier molecular flexibility index (Phi) is 8.32. The second-order valence-corrected chi connectivity index (χ2v) is 7.91. The maximum atomic E-state index is 13.0. The van der Waals surface area contributed by atoms with Crippen molar-refractivity contribution in [3.8, 4) is 0 Å². The minimum Gasteiger partial charge on any atom is -0.376 e. The summed E-state index contributed by atoms with van der Waals surface area (Å²) in [5.74, 6) is 1.54. The van der Waals surface area contributed by atoms with Gasteiger partial charge in [0.15, 0.2) is 0 Å². The van der Waals surface area contributed by atoms with E-state index in [9.17, 15) is 4.79 Å². The third-order valence-corrected chi connectivity index (χ3v) is 6.15. The number of carbonyl (C=O) groups excluding carboxylic acids is 1. The minimum absolute atomic E-state index is 0. The van der Waals surface area contributed by atoms with Crippen molar-refractivity contribution in [3.63, 3.8) is 0 Å². The lowest BCUT2D eigenvalue weighted by molar-refractivity contribution is -0.136. The van der Waals surface area contributed by atoms with E-state index in [1.165, 1.54) is 38.5 Å². The van der Waals surface area contributed by atoms with Gasteiger partial charge in [-0.3, -0.25) is 4.79 Å². The summed E-state index contributed by atoms with van der Waals surface area (Å²) in [6, 6.07) is 0.475. The zero-order valence-corrected chi connectivity index (χ0v) is 16.0. The van der Waals surface area contributed by atoms with Crippen molar-refractivity contribution in [3.05, 3.63) is 0 Å². The molecule has 0 aromatic heterocycles. The molecule has 0 aromatic rings. The molecule has 5 heteroatoms. The molecular weight excluding hydrogens is 324 g/mol. The fourth-order valence-electron chi connectivity index (χ4n) is 4.60. The van der Waals surface area contributed by atoms with Crippen LogP contribution in [0.15, 0.2) is 0 Å². The van der Waals surface area contributed by atoms with Gasteiger partial charge in [-0.2, -0.15) is 0 Å². The van der Waals surface area contributed by atoms with Crippen LogP contribution in [-0.4, -0.2) is 49.2 Å². The van der Waals surface area contributed by atoms with Crippen LogP contribution in [0.1, 0.15) is 64.7 Å². The predicted octanol–water partition coefficient (Wildman–Crippen LogP) is 3.38. The Hall–Kier alpha value is -0.320. The molecule has 2 saturated heterocycles. The van der Waals surface area contributed by atoms with Crippen LogP contribution in [0.2, 0.25) is 0 Å². The van der Waals surface area contributed by atoms with Crippen LogP contribution in [0.25, 0.3) is 0 Å². The Morgan fingerprint density at radius 1 is 1.17 bits per heavy atom. The van der Waals surface area contributed by atoms with Crippen molar-refractivity contribution in [1.29, 1.82) is 0 Å². The predicted molar refractivity (Wildman–Crippen MR) is 99.6 cm³/mol. The molecule has 2 aliphatic heterocycles. The molecule has 24 heavy (non-hydrogen) atoms. The maximum absolute atomic E-state index is 13.0. The van der Waals surface area contributed by atoms with E-state index in [1.807, 2.05) is 0 Å². The van der Waals surface area contributed by atoms with Crippen LogP contribution in [0.5, 0.6) is 0 Å². The lowest BCUT2D eigenvalue weighted by Crippen LogP contribution is -2.44. The van der Waals surface area contributed by atoms with E-state index in [2.05, 4.69) is 17.1 Å². The second kappa shape index (κ2) is 9.98. The standard InChI is InChI=1S/C19H34N2O2.ClH/c1-15(16-6-4-10-20-13-16)12-19(22)21(17-7-2-3-8-17)14-18-9-5-11-23-18;/h15-18,20H,2-14H2,1H3;1H. The Morgan fingerprint density at radius 2 is 1.96 bits per heavy atom. The van der Waals surface area contributed by atoms with Crippen molar-refractivity contribution >= 4 is 18.3 Å². The molecule has 3 fully saturated rings. The Balaban J connectivity index is 0.00000208. The number of carbonyl (C=O) groups is 1. The molecule has 0 radical (unpaired) electrons. The highest BCUT2D eigenvalue weighted by atomic mass is 35.5. The van der Waals surface area contributed by atoms with Gasteiger partial charge in [0.2, 0.25) is 5.91 Å². The van der Waals surface area contributed by atoms with Crippen LogP contribution in [0.4, 0.5) is 0 Å². The van der Waals surface area contributed by atoms with E-state index in [1.54, 1.807) is 0 Å². The number of nitrogens with zero attached hydrogens (tertiary/aromatic N) is 1. The third-order valence-electron chi connectivity index (χ3n) is 6.15. The van der Waals surface area contributed by atoms with E-state index in [0.29, 0.717) is 23.8 Å². The summed E-state index contributed by atoms with van der Waals surface area (Å²) >= 11 is 0. The Labute approximate surface area is 153 Å². The summed E-state index contributed by atoms with van der Waals surface area (Å²) in [4.78, 5) is 15.2. The van der Waals surface area contributed by atoms with E-state index in [-0.39, 0.29) is 18.5 Å². The average molecular weight is 359 g/mol. The molecule has 1 N–H and O–H groups in total. The second-order valence-electron chi connectivity index (χ2n) is 7.91. The van der Waals surface area contributed by atoms with E-state index >= 15 is 0 Å². The summed E-state index contributed by atoms with van der Waals surface area (Å²) in [5, 5.41) is 3.49. The third kappa shape index (κ3) is 5.34. The molecule has 3 atom stereocenters. The van der Waals surface area contributed by atoms with Crippen LogP contribution in [0, 0.1) is 11.8 Å². The molecule has 1 aliphatic carbocycles. The fourth-order valence-corrected chi connectivity index (χ4v) is 4.60. The minimum atomic E-state index is 0. The Bertz CT molecular complexity index is 376. The monoisotopic (exact) mass is 358 g/mol. The molecule has 3 unspecified atom stereocenters. The van der Waals surface area contributed by atoms with Crippen molar-refractivity contribution in [2.24, 2.45) is 11.8 Å². The topological polar surface area (TPSA) is 41.6 Å². The lowest BCUT2D eigenvalue weighted by atomic mass is 9.85. The normalized spacial score (nSPS) is 29.2. The molecule has 4 nitrogen and oxygen atoms in total. The average Bonchev–Trinajstić information content (AvgIpc) is 3.27. The van der Waals surface area contributed by atoms with Gasteiger partial charge < -0.3 is 15.0 Å². The number of hydrogen-bond donors (Lipinski definition) is 1. The number of halogens is 1. The molecule has 0 aromatic carbocycles. The number of ether oxygens (including phenoxy) is 1. The van der Waals surface area contributed by atoms with Crippen LogP contribution in [0.3, 0.4) is 0 Å². The number of rotatable bonds is 6. The van der Waals surface area contributed by atoms with E-state index in [0.717, 1.165) is 45.5 Å². The SMILES string of the molecule is CC(CC(=O)N(CC1CCCO1)C1CCCC1)C1CCCNC1.Cl. The molecule has 140 valence electrons. The fraction of sp³-hybridized carbons (Fsp3) is 0.947. The summed E-state index contributed by atoms with van der Waals surface area (Å²) in [5.41, 5.74) is 0. The molecule has 2 heterocycles. The number of hydrogen-bond acceptors (Lipinski definition) is 3. The number of piperidine rings is 1. The molecule has 1 amide bonds. The highest BCUT2D eigenvalue weighted by molar-refractivity contribution is 5.85. The molecule has 0 spiro atoms. The Morgan fingerprint density at radius 3 is 2.58 bits per heavy atom. The van der Waals surface area contributed by atoms with Gasteiger partial charge in [0, 0.05) is 25.6 Å².